The number of rotatable bonds is 3. The van der Waals surface area contributed by atoms with E-state index in [4.69, 9.17) is 9.47 Å². The predicted molar refractivity (Wildman–Crippen MR) is 95.4 cm³/mol. The van der Waals surface area contributed by atoms with Crippen molar-refractivity contribution in [2.45, 2.75) is 20.8 Å². The van der Waals surface area contributed by atoms with Crippen molar-refractivity contribution in [2.24, 2.45) is 5.41 Å². The third-order valence-electron chi connectivity index (χ3n) is 3.58. The van der Waals surface area contributed by atoms with E-state index in [0.29, 0.717) is 22.7 Å². The Morgan fingerprint density at radius 2 is 1.75 bits per heavy atom. The van der Waals surface area contributed by atoms with E-state index in [2.05, 4.69) is 38.2 Å². The second-order valence-corrected chi connectivity index (χ2v) is 6.84. The number of carbonyl (C=O) groups is 1. The summed E-state index contributed by atoms with van der Waals surface area (Å²) < 4.78 is 10.6. The first-order valence-corrected chi connectivity index (χ1v) is 7.91. The Hall–Kier alpha value is -2.75. The second kappa shape index (κ2) is 6.40. The Kier molecular flexibility index (Phi) is 4.30. The highest BCUT2D eigenvalue weighted by Gasteiger charge is 2.14. The average molecular weight is 323 g/mol. The number of benzene rings is 2. The normalized spacial score (nSPS) is 13.3. The van der Waals surface area contributed by atoms with Crippen molar-refractivity contribution in [2.75, 3.05) is 12.1 Å². The molecule has 0 unspecified atom stereocenters. The van der Waals surface area contributed by atoms with Crippen LogP contribution in [-0.4, -0.2) is 12.7 Å². The lowest BCUT2D eigenvalue weighted by Gasteiger charge is -2.11. The van der Waals surface area contributed by atoms with E-state index in [0.717, 1.165) is 5.56 Å². The van der Waals surface area contributed by atoms with Crippen LogP contribution in [0, 0.1) is 5.41 Å². The number of anilines is 1. The van der Waals surface area contributed by atoms with Gasteiger partial charge in [-0.05, 0) is 35.2 Å². The lowest BCUT2D eigenvalue weighted by molar-refractivity contribution is 0.102. The monoisotopic (exact) mass is 323 g/mol. The van der Waals surface area contributed by atoms with Crippen molar-refractivity contribution >= 4 is 17.7 Å². The van der Waals surface area contributed by atoms with Crippen molar-refractivity contribution in [3.8, 4) is 11.5 Å². The van der Waals surface area contributed by atoms with Gasteiger partial charge in [-0.2, -0.15) is 0 Å². The molecule has 0 fully saturated rings. The zero-order valence-corrected chi connectivity index (χ0v) is 14.1. The van der Waals surface area contributed by atoms with Crippen LogP contribution < -0.4 is 14.8 Å². The van der Waals surface area contributed by atoms with Crippen molar-refractivity contribution in [3.05, 3.63) is 59.7 Å². The van der Waals surface area contributed by atoms with Gasteiger partial charge in [-0.3, -0.25) is 4.79 Å². The summed E-state index contributed by atoms with van der Waals surface area (Å²) in [6.45, 7) is 6.67. The van der Waals surface area contributed by atoms with Crippen LogP contribution in [0.25, 0.3) is 6.08 Å². The molecule has 1 amide bonds. The summed E-state index contributed by atoms with van der Waals surface area (Å²) in [5.41, 5.74) is 2.50. The highest BCUT2D eigenvalue weighted by molar-refractivity contribution is 6.04. The number of hydrogen-bond acceptors (Lipinski definition) is 3. The summed E-state index contributed by atoms with van der Waals surface area (Å²) in [5.74, 6) is 1.19. The molecule has 1 aliphatic rings. The van der Waals surface area contributed by atoms with Crippen LogP contribution in [0.5, 0.6) is 11.5 Å². The first-order valence-electron chi connectivity index (χ1n) is 7.91. The molecule has 0 spiro atoms. The van der Waals surface area contributed by atoms with Crippen molar-refractivity contribution in [1.82, 2.24) is 0 Å². The quantitative estimate of drug-likeness (QED) is 0.888. The maximum atomic E-state index is 12.3. The fourth-order valence-electron chi connectivity index (χ4n) is 2.27. The Bertz CT molecular complexity index is 770. The number of amides is 1. The maximum Gasteiger partial charge on any atom is 0.255 e. The number of hydrogen-bond donors (Lipinski definition) is 1. The molecule has 0 bridgehead atoms. The molecule has 0 atom stereocenters. The molecule has 4 nitrogen and oxygen atoms in total. The molecule has 2 aromatic rings. The lowest BCUT2D eigenvalue weighted by Crippen LogP contribution is -2.11. The largest absolute Gasteiger partial charge is 0.454 e. The zero-order valence-electron chi connectivity index (χ0n) is 14.1. The second-order valence-electron chi connectivity index (χ2n) is 6.84. The number of fused-ring (bicyclic) bond motifs is 1. The van der Waals surface area contributed by atoms with E-state index in [1.807, 2.05) is 24.3 Å². The van der Waals surface area contributed by atoms with Gasteiger partial charge in [0.05, 0.1) is 0 Å². The van der Waals surface area contributed by atoms with Crippen LogP contribution in [-0.2, 0) is 0 Å². The predicted octanol–water partition coefficient (Wildman–Crippen LogP) is 4.73. The summed E-state index contributed by atoms with van der Waals surface area (Å²) in [6.07, 6.45) is 4.22. The van der Waals surface area contributed by atoms with Crippen LogP contribution in [0.4, 0.5) is 5.69 Å². The molecular formula is C20H21NO3. The molecule has 0 aromatic heterocycles. The molecule has 3 rings (SSSR count). The van der Waals surface area contributed by atoms with Gasteiger partial charge in [0.2, 0.25) is 6.79 Å². The molecule has 2 aromatic carbocycles. The number of ether oxygens (including phenoxy) is 2. The van der Waals surface area contributed by atoms with Crippen LogP contribution in [0.3, 0.4) is 0 Å². The van der Waals surface area contributed by atoms with Gasteiger partial charge in [0.25, 0.3) is 5.91 Å². The highest BCUT2D eigenvalue weighted by atomic mass is 16.7. The fraction of sp³-hybridized carbons (Fsp3) is 0.250. The molecule has 0 aliphatic carbocycles. The van der Waals surface area contributed by atoms with E-state index in [1.165, 1.54) is 0 Å². The van der Waals surface area contributed by atoms with E-state index >= 15 is 0 Å². The summed E-state index contributed by atoms with van der Waals surface area (Å²) in [4.78, 5) is 12.3. The topological polar surface area (TPSA) is 47.6 Å². The fourth-order valence-corrected chi connectivity index (χ4v) is 2.27. The summed E-state index contributed by atoms with van der Waals surface area (Å²) in [5, 5.41) is 2.87. The summed E-state index contributed by atoms with van der Waals surface area (Å²) in [6, 6.07) is 12.9. The zero-order chi connectivity index (χ0) is 17.2. The van der Waals surface area contributed by atoms with Crippen LogP contribution >= 0.6 is 0 Å². The molecule has 1 aliphatic heterocycles. The van der Waals surface area contributed by atoms with E-state index in [9.17, 15) is 4.79 Å². The molecule has 0 saturated carbocycles. The van der Waals surface area contributed by atoms with E-state index in [-0.39, 0.29) is 18.1 Å². The first-order chi connectivity index (χ1) is 11.4. The minimum Gasteiger partial charge on any atom is -0.454 e. The van der Waals surface area contributed by atoms with E-state index in [1.54, 1.807) is 18.2 Å². The van der Waals surface area contributed by atoms with Crippen molar-refractivity contribution < 1.29 is 14.3 Å². The molecule has 24 heavy (non-hydrogen) atoms. The van der Waals surface area contributed by atoms with Gasteiger partial charge < -0.3 is 14.8 Å². The van der Waals surface area contributed by atoms with Crippen molar-refractivity contribution in [3.63, 3.8) is 0 Å². The first kappa shape index (κ1) is 16.1. The SMILES string of the molecule is CC(C)(C)/C=C/c1ccc(C(=O)Nc2ccc3c(c2)OCO3)cc1. The molecule has 124 valence electrons. The van der Waals surface area contributed by atoms with Crippen LogP contribution in [0.2, 0.25) is 0 Å². The molecule has 4 heteroatoms. The number of nitrogens with one attached hydrogen (secondary N) is 1. The van der Waals surface area contributed by atoms with Crippen molar-refractivity contribution in [1.29, 1.82) is 0 Å². The molecule has 0 radical (unpaired) electrons. The smallest absolute Gasteiger partial charge is 0.255 e. The Morgan fingerprint density at radius 1 is 1.04 bits per heavy atom. The summed E-state index contributed by atoms with van der Waals surface area (Å²) in [7, 11) is 0. The van der Waals surface area contributed by atoms with Gasteiger partial charge in [0.15, 0.2) is 11.5 Å². The number of carbonyl (C=O) groups excluding carboxylic acids is 1. The van der Waals surface area contributed by atoms with Gasteiger partial charge in [0, 0.05) is 17.3 Å². The Balaban J connectivity index is 1.68. The third-order valence-corrected chi connectivity index (χ3v) is 3.58. The standard InChI is InChI=1S/C20H21NO3/c1-20(2,3)11-10-14-4-6-15(7-5-14)19(22)21-16-8-9-17-18(12-16)24-13-23-17/h4-12H,13H2,1-3H3,(H,21,22)/b11-10+. The maximum absolute atomic E-state index is 12.3. The Labute approximate surface area is 142 Å². The third kappa shape index (κ3) is 3.96. The van der Waals surface area contributed by atoms with Crippen LogP contribution in [0.1, 0.15) is 36.7 Å². The molecule has 1 N–H and O–H groups in total. The van der Waals surface area contributed by atoms with E-state index < -0.39 is 0 Å². The minimum absolute atomic E-state index is 0.134. The lowest BCUT2D eigenvalue weighted by atomic mass is 9.95. The average Bonchev–Trinajstić information content (AvgIpc) is 3.00. The van der Waals surface area contributed by atoms with Gasteiger partial charge >= 0.3 is 0 Å². The number of allylic oxidation sites excluding steroid dienone is 1. The highest BCUT2D eigenvalue weighted by Crippen LogP contribution is 2.34. The minimum atomic E-state index is -0.153. The van der Waals surface area contributed by atoms with Gasteiger partial charge in [-0.25, -0.2) is 0 Å². The summed E-state index contributed by atoms with van der Waals surface area (Å²) >= 11 is 0. The molecule has 0 saturated heterocycles. The molecule has 1 heterocycles. The van der Waals surface area contributed by atoms with Gasteiger partial charge in [-0.15, -0.1) is 0 Å². The van der Waals surface area contributed by atoms with Gasteiger partial charge in [0.1, 0.15) is 0 Å². The Morgan fingerprint density at radius 3 is 2.46 bits per heavy atom. The molecular weight excluding hydrogens is 302 g/mol. The van der Waals surface area contributed by atoms with Crippen LogP contribution in [0.15, 0.2) is 48.5 Å². The van der Waals surface area contributed by atoms with Gasteiger partial charge in [-0.1, -0.05) is 45.1 Å².